The summed E-state index contributed by atoms with van der Waals surface area (Å²) >= 11 is 0. The Labute approximate surface area is 88.1 Å². The number of nitrogen functional groups attached to an aromatic ring is 1. The van der Waals surface area contributed by atoms with Crippen molar-refractivity contribution in [3.8, 4) is 0 Å². The van der Waals surface area contributed by atoms with Gasteiger partial charge in [0, 0.05) is 25.3 Å². The third-order valence-corrected chi connectivity index (χ3v) is 2.60. The van der Waals surface area contributed by atoms with E-state index in [-0.39, 0.29) is 6.04 Å². The van der Waals surface area contributed by atoms with Crippen molar-refractivity contribution in [1.29, 1.82) is 0 Å². The number of alkyl halides is 1. The van der Waals surface area contributed by atoms with E-state index in [1.165, 1.54) is 0 Å². The van der Waals surface area contributed by atoms with Gasteiger partial charge in [-0.1, -0.05) is 0 Å². The van der Waals surface area contributed by atoms with Gasteiger partial charge in [0.05, 0.1) is 17.6 Å². The molecule has 2 heterocycles. The third kappa shape index (κ3) is 2.18. The molecule has 4 nitrogen and oxygen atoms in total. The van der Waals surface area contributed by atoms with Crippen LogP contribution in [0.1, 0.15) is 6.42 Å². The molecule has 1 aliphatic heterocycles. The van der Waals surface area contributed by atoms with Crippen LogP contribution in [0, 0.1) is 0 Å². The lowest BCUT2D eigenvalue weighted by Gasteiger charge is -2.35. The van der Waals surface area contributed by atoms with E-state index < -0.39 is 6.17 Å². The summed E-state index contributed by atoms with van der Waals surface area (Å²) in [5.41, 5.74) is 12.9. The fourth-order valence-corrected chi connectivity index (χ4v) is 1.96. The molecule has 2 rings (SSSR count). The number of hydrogen-bond donors (Lipinski definition) is 2. The van der Waals surface area contributed by atoms with Gasteiger partial charge in [0.15, 0.2) is 0 Å². The van der Waals surface area contributed by atoms with E-state index in [1.54, 1.807) is 18.5 Å². The maximum Gasteiger partial charge on any atom is 0.119 e. The highest BCUT2D eigenvalue weighted by molar-refractivity contribution is 5.66. The monoisotopic (exact) mass is 210 g/mol. The summed E-state index contributed by atoms with van der Waals surface area (Å²) in [7, 11) is 0. The van der Waals surface area contributed by atoms with Crippen LogP contribution in [0.15, 0.2) is 18.5 Å². The minimum absolute atomic E-state index is 0.124. The first-order valence-corrected chi connectivity index (χ1v) is 5.01. The van der Waals surface area contributed by atoms with Crippen molar-refractivity contribution in [2.24, 2.45) is 5.73 Å². The lowest BCUT2D eigenvalue weighted by Crippen LogP contribution is -2.48. The molecule has 2 atom stereocenters. The van der Waals surface area contributed by atoms with Gasteiger partial charge in [-0.15, -0.1) is 0 Å². The van der Waals surface area contributed by atoms with Gasteiger partial charge in [-0.05, 0) is 12.5 Å². The summed E-state index contributed by atoms with van der Waals surface area (Å²) in [5.74, 6) is 0. The minimum Gasteiger partial charge on any atom is -0.396 e. The summed E-state index contributed by atoms with van der Waals surface area (Å²) in [6.07, 6.45) is 2.78. The molecule has 0 saturated carbocycles. The molecule has 1 aliphatic rings. The molecule has 82 valence electrons. The lowest BCUT2D eigenvalue weighted by atomic mass is 10.0. The Hall–Kier alpha value is -1.36. The van der Waals surface area contributed by atoms with Crippen LogP contribution in [0.2, 0.25) is 0 Å². The number of anilines is 2. The molecule has 1 aromatic rings. The molecule has 0 spiro atoms. The van der Waals surface area contributed by atoms with Gasteiger partial charge >= 0.3 is 0 Å². The van der Waals surface area contributed by atoms with Gasteiger partial charge in [-0.25, -0.2) is 4.39 Å². The Morgan fingerprint density at radius 2 is 2.27 bits per heavy atom. The predicted octanol–water partition coefficient (Wildman–Crippen LogP) is 0.539. The first-order valence-electron chi connectivity index (χ1n) is 5.01. The second-order valence-electron chi connectivity index (χ2n) is 3.93. The van der Waals surface area contributed by atoms with E-state index in [4.69, 9.17) is 11.5 Å². The Morgan fingerprint density at radius 1 is 1.47 bits per heavy atom. The number of halogens is 1. The smallest absolute Gasteiger partial charge is 0.119 e. The highest BCUT2D eigenvalue weighted by Gasteiger charge is 2.25. The van der Waals surface area contributed by atoms with E-state index in [2.05, 4.69) is 4.98 Å². The lowest BCUT2D eigenvalue weighted by molar-refractivity contribution is 0.269. The summed E-state index contributed by atoms with van der Waals surface area (Å²) in [4.78, 5) is 5.79. The molecule has 1 saturated heterocycles. The van der Waals surface area contributed by atoms with Crippen LogP contribution in [0.3, 0.4) is 0 Å². The van der Waals surface area contributed by atoms with E-state index in [1.807, 2.05) is 4.90 Å². The van der Waals surface area contributed by atoms with Crippen LogP contribution >= 0.6 is 0 Å². The Kier molecular flexibility index (Phi) is 2.73. The average molecular weight is 210 g/mol. The summed E-state index contributed by atoms with van der Waals surface area (Å²) in [5, 5.41) is 0. The number of piperidine rings is 1. The molecule has 5 heteroatoms. The highest BCUT2D eigenvalue weighted by atomic mass is 19.1. The fraction of sp³-hybridized carbons (Fsp3) is 0.500. The molecule has 15 heavy (non-hydrogen) atoms. The van der Waals surface area contributed by atoms with Crippen LogP contribution in [0.5, 0.6) is 0 Å². The van der Waals surface area contributed by atoms with Crippen molar-refractivity contribution < 1.29 is 4.39 Å². The first-order chi connectivity index (χ1) is 7.16. The molecule has 0 radical (unpaired) electrons. The first kappa shape index (κ1) is 10.2. The van der Waals surface area contributed by atoms with Crippen molar-refractivity contribution >= 4 is 11.4 Å². The second kappa shape index (κ2) is 4.02. The standard InChI is InChI=1S/C10H15FN4/c11-7-3-8(12)6-15(5-7)10-1-2-14-4-9(10)13/h1-2,4,7-8H,3,5-6,12-13H2. The SMILES string of the molecule is Nc1cnccc1N1CC(N)CC(F)C1. The summed E-state index contributed by atoms with van der Waals surface area (Å²) in [6.45, 7) is 1.01. The quantitative estimate of drug-likeness (QED) is 0.710. The van der Waals surface area contributed by atoms with Gasteiger partial charge < -0.3 is 16.4 Å². The largest absolute Gasteiger partial charge is 0.396 e. The number of hydrogen-bond acceptors (Lipinski definition) is 4. The van der Waals surface area contributed by atoms with Crippen LogP contribution in [0.4, 0.5) is 15.8 Å². The zero-order chi connectivity index (χ0) is 10.8. The van der Waals surface area contributed by atoms with Crippen molar-refractivity contribution in [3.63, 3.8) is 0 Å². The van der Waals surface area contributed by atoms with E-state index in [9.17, 15) is 4.39 Å². The molecule has 0 bridgehead atoms. The molecule has 1 aromatic heterocycles. The van der Waals surface area contributed by atoms with Crippen LogP contribution in [-0.4, -0.2) is 30.3 Å². The Morgan fingerprint density at radius 3 is 2.93 bits per heavy atom. The molecule has 1 fully saturated rings. The maximum atomic E-state index is 13.3. The Bertz CT molecular complexity index is 334. The highest BCUT2D eigenvalue weighted by Crippen LogP contribution is 2.25. The normalized spacial score (nSPS) is 26.7. The Balaban J connectivity index is 2.20. The van der Waals surface area contributed by atoms with Crippen molar-refractivity contribution in [2.45, 2.75) is 18.6 Å². The number of pyridine rings is 1. The molecular formula is C10H15FN4. The number of nitrogens with two attached hydrogens (primary N) is 2. The third-order valence-electron chi connectivity index (χ3n) is 2.60. The molecule has 0 aliphatic carbocycles. The van der Waals surface area contributed by atoms with E-state index >= 15 is 0 Å². The van der Waals surface area contributed by atoms with Gasteiger partial charge in [-0.2, -0.15) is 0 Å². The van der Waals surface area contributed by atoms with Gasteiger partial charge in [0.2, 0.25) is 0 Å². The van der Waals surface area contributed by atoms with Crippen molar-refractivity contribution in [1.82, 2.24) is 4.98 Å². The topological polar surface area (TPSA) is 68.2 Å². The number of aromatic nitrogens is 1. The van der Waals surface area contributed by atoms with Crippen LogP contribution in [0.25, 0.3) is 0 Å². The summed E-state index contributed by atoms with van der Waals surface area (Å²) in [6, 6.07) is 1.67. The molecular weight excluding hydrogens is 195 g/mol. The predicted molar refractivity (Wildman–Crippen MR) is 58.4 cm³/mol. The van der Waals surface area contributed by atoms with Crippen LogP contribution in [-0.2, 0) is 0 Å². The molecule has 4 N–H and O–H groups in total. The van der Waals surface area contributed by atoms with E-state index in [0.29, 0.717) is 25.2 Å². The van der Waals surface area contributed by atoms with Gasteiger partial charge in [0.1, 0.15) is 6.17 Å². The number of nitrogens with zero attached hydrogens (tertiary/aromatic N) is 2. The van der Waals surface area contributed by atoms with Gasteiger partial charge in [-0.3, -0.25) is 4.98 Å². The van der Waals surface area contributed by atoms with E-state index in [0.717, 1.165) is 5.69 Å². The minimum atomic E-state index is -0.874. The summed E-state index contributed by atoms with van der Waals surface area (Å²) < 4.78 is 13.3. The fourth-order valence-electron chi connectivity index (χ4n) is 1.96. The van der Waals surface area contributed by atoms with Gasteiger partial charge in [0.25, 0.3) is 0 Å². The maximum absolute atomic E-state index is 13.3. The van der Waals surface area contributed by atoms with Crippen LogP contribution < -0.4 is 16.4 Å². The second-order valence-corrected chi connectivity index (χ2v) is 3.93. The number of rotatable bonds is 1. The average Bonchev–Trinajstić information content (AvgIpc) is 2.16. The van der Waals surface area contributed by atoms with Crippen molar-refractivity contribution in [3.05, 3.63) is 18.5 Å². The zero-order valence-electron chi connectivity index (χ0n) is 8.44. The molecule has 0 amide bonds. The molecule has 2 unspecified atom stereocenters. The zero-order valence-corrected chi connectivity index (χ0v) is 8.44. The molecule has 0 aromatic carbocycles. The van der Waals surface area contributed by atoms with Crippen molar-refractivity contribution in [2.75, 3.05) is 23.7 Å².